The van der Waals surface area contributed by atoms with Crippen molar-refractivity contribution in [1.29, 1.82) is 0 Å². The second-order valence-corrected chi connectivity index (χ2v) is 7.39. The van der Waals surface area contributed by atoms with Crippen molar-refractivity contribution < 1.29 is 29.4 Å². The molecule has 0 aliphatic heterocycles. The molecule has 4 atom stereocenters. The molecule has 0 bridgehead atoms. The van der Waals surface area contributed by atoms with Crippen LogP contribution >= 0.6 is 11.8 Å². The number of carboxylic acids is 1. The van der Waals surface area contributed by atoms with Gasteiger partial charge in [-0.3, -0.25) is 14.4 Å². The predicted octanol–water partition coefficient (Wildman–Crippen LogP) is -1.73. The molecule has 4 unspecified atom stereocenters. The van der Waals surface area contributed by atoms with Crippen molar-refractivity contribution in [3.8, 4) is 0 Å². The maximum Gasteiger partial charge on any atom is 0.326 e. The van der Waals surface area contributed by atoms with E-state index in [9.17, 15) is 29.4 Å². The van der Waals surface area contributed by atoms with Crippen molar-refractivity contribution in [2.45, 2.75) is 51.4 Å². The van der Waals surface area contributed by atoms with Crippen LogP contribution in [-0.4, -0.2) is 76.7 Å². The summed E-state index contributed by atoms with van der Waals surface area (Å²) in [6.07, 6.45) is 0.863. The first-order valence-corrected chi connectivity index (χ1v) is 9.94. The molecule has 10 nitrogen and oxygen atoms in total. The number of thioether (sulfide) groups is 1. The number of aliphatic carboxylic acids is 1. The fraction of sp³-hybridized carbons (Fsp3) is 0.750. The third-order valence-corrected chi connectivity index (χ3v) is 4.38. The van der Waals surface area contributed by atoms with E-state index < -0.39 is 53.8 Å². The molecule has 0 saturated carbocycles. The van der Waals surface area contributed by atoms with Gasteiger partial charge in [0.25, 0.3) is 0 Å². The van der Waals surface area contributed by atoms with Crippen molar-refractivity contribution in [2.75, 3.05) is 18.6 Å². The highest BCUT2D eigenvalue weighted by molar-refractivity contribution is 7.98. The summed E-state index contributed by atoms with van der Waals surface area (Å²) in [4.78, 5) is 47.7. The lowest BCUT2D eigenvalue weighted by Gasteiger charge is -2.26. The number of aliphatic hydroxyl groups excluding tert-OH is 1. The fourth-order valence-electron chi connectivity index (χ4n) is 2.17. The Morgan fingerprint density at radius 2 is 1.56 bits per heavy atom. The molecule has 0 aliphatic rings. The van der Waals surface area contributed by atoms with Gasteiger partial charge < -0.3 is 31.9 Å². The van der Waals surface area contributed by atoms with Crippen LogP contribution in [0.4, 0.5) is 0 Å². The van der Waals surface area contributed by atoms with Gasteiger partial charge in [-0.15, -0.1) is 0 Å². The summed E-state index contributed by atoms with van der Waals surface area (Å²) in [5.74, 6) is -3.06. The average molecular weight is 407 g/mol. The van der Waals surface area contributed by atoms with Gasteiger partial charge in [0.1, 0.15) is 18.1 Å². The highest BCUT2D eigenvalue weighted by Gasteiger charge is 2.32. The summed E-state index contributed by atoms with van der Waals surface area (Å²) in [5.41, 5.74) is 5.25. The molecule has 0 fully saturated rings. The van der Waals surface area contributed by atoms with E-state index in [1.807, 2.05) is 6.26 Å². The van der Waals surface area contributed by atoms with Crippen LogP contribution in [0.3, 0.4) is 0 Å². The molecule has 0 rings (SSSR count). The summed E-state index contributed by atoms with van der Waals surface area (Å²) in [6.45, 7) is 4.24. The Hall–Kier alpha value is -1.85. The quantitative estimate of drug-likeness (QED) is 0.222. The normalized spacial score (nSPS) is 15.4. The molecule has 0 radical (unpaired) electrons. The van der Waals surface area contributed by atoms with Gasteiger partial charge in [-0.2, -0.15) is 11.8 Å². The standard InChI is InChI=1S/C16H30N4O6S/c1-8(2)12(16(25)26)19-15(24)13(9(3)21)20-14(23)10(5-6-27-4)18-11(22)7-17/h8-10,12-13,21H,5-7,17H2,1-4H3,(H,18,22)(H,19,24)(H,20,23)(H,25,26). The van der Waals surface area contributed by atoms with E-state index in [1.54, 1.807) is 13.8 Å². The van der Waals surface area contributed by atoms with Gasteiger partial charge in [-0.1, -0.05) is 13.8 Å². The lowest BCUT2D eigenvalue weighted by molar-refractivity contribution is -0.144. The Balaban J connectivity index is 5.22. The van der Waals surface area contributed by atoms with Crippen molar-refractivity contribution in [3.05, 3.63) is 0 Å². The molecular weight excluding hydrogens is 376 g/mol. The highest BCUT2D eigenvalue weighted by Crippen LogP contribution is 2.05. The van der Waals surface area contributed by atoms with Gasteiger partial charge >= 0.3 is 5.97 Å². The number of nitrogens with two attached hydrogens (primary N) is 1. The first kappa shape index (κ1) is 25.1. The minimum absolute atomic E-state index is 0.294. The van der Waals surface area contributed by atoms with Gasteiger partial charge in [0.15, 0.2) is 0 Å². The second-order valence-electron chi connectivity index (χ2n) is 6.40. The van der Waals surface area contributed by atoms with Crippen LogP contribution < -0.4 is 21.7 Å². The second kappa shape index (κ2) is 12.5. The zero-order chi connectivity index (χ0) is 21.1. The number of nitrogens with one attached hydrogen (secondary N) is 3. The Labute approximate surface area is 163 Å². The van der Waals surface area contributed by atoms with E-state index >= 15 is 0 Å². The number of carbonyl (C=O) groups is 4. The predicted molar refractivity (Wildman–Crippen MR) is 102 cm³/mol. The number of rotatable bonds is 12. The van der Waals surface area contributed by atoms with Crippen LogP contribution in [0.5, 0.6) is 0 Å². The van der Waals surface area contributed by atoms with E-state index in [0.29, 0.717) is 12.2 Å². The fourth-order valence-corrected chi connectivity index (χ4v) is 2.64. The van der Waals surface area contributed by atoms with Crippen molar-refractivity contribution in [3.63, 3.8) is 0 Å². The number of amides is 3. The number of carbonyl (C=O) groups excluding carboxylic acids is 3. The molecule has 0 spiro atoms. The van der Waals surface area contributed by atoms with Gasteiger partial charge in [-0.25, -0.2) is 4.79 Å². The monoisotopic (exact) mass is 406 g/mol. The summed E-state index contributed by atoms with van der Waals surface area (Å²) in [7, 11) is 0. The van der Waals surface area contributed by atoms with Crippen molar-refractivity contribution in [2.24, 2.45) is 11.7 Å². The lowest BCUT2D eigenvalue weighted by atomic mass is 10.0. The zero-order valence-corrected chi connectivity index (χ0v) is 16.8. The molecule has 156 valence electrons. The number of aliphatic hydroxyl groups is 1. The average Bonchev–Trinajstić information content (AvgIpc) is 2.59. The first-order chi connectivity index (χ1) is 12.5. The molecule has 0 aromatic carbocycles. The molecule has 3 amide bonds. The SMILES string of the molecule is CSCCC(NC(=O)CN)C(=O)NC(C(=O)NC(C(=O)O)C(C)C)C(C)O. The van der Waals surface area contributed by atoms with Gasteiger partial charge in [0, 0.05) is 0 Å². The molecule has 0 aliphatic carbocycles. The molecule has 0 heterocycles. The zero-order valence-electron chi connectivity index (χ0n) is 16.0. The Kier molecular flexibility index (Phi) is 11.7. The maximum absolute atomic E-state index is 12.5. The highest BCUT2D eigenvalue weighted by atomic mass is 32.2. The number of hydrogen-bond acceptors (Lipinski definition) is 7. The van der Waals surface area contributed by atoms with E-state index in [0.717, 1.165) is 0 Å². The summed E-state index contributed by atoms with van der Waals surface area (Å²) in [6, 6.07) is -3.47. The van der Waals surface area contributed by atoms with Crippen LogP contribution in [0.2, 0.25) is 0 Å². The number of hydrogen-bond donors (Lipinski definition) is 6. The molecular formula is C16H30N4O6S. The third kappa shape index (κ3) is 9.07. The van der Waals surface area contributed by atoms with E-state index in [4.69, 9.17) is 5.73 Å². The largest absolute Gasteiger partial charge is 0.480 e. The minimum atomic E-state index is -1.37. The van der Waals surface area contributed by atoms with Crippen LogP contribution in [-0.2, 0) is 19.2 Å². The smallest absolute Gasteiger partial charge is 0.326 e. The van der Waals surface area contributed by atoms with Crippen molar-refractivity contribution in [1.82, 2.24) is 16.0 Å². The molecule has 7 N–H and O–H groups in total. The minimum Gasteiger partial charge on any atom is -0.480 e. The Bertz CT molecular complexity index is 529. The summed E-state index contributed by atoms with van der Waals surface area (Å²) >= 11 is 1.47. The molecule has 0 saturated heterocycles. The van der Waals surface area contributed by atoms with E-state index in [2.05, 4.69) is 16.0 Å². The van der Waals surface area contributed by atoms with Gasteiger partial charge in [-0.05, 0) is 31.3 Å². The molecule has 11 heteroatoms. The molecule has 27 heavy (non-hydrogen) atoms. The topological polar surface area (TPSA) is 171 Å². The molecule has 0 aromatic heterocycles. The Morgan fingerprint density at radius 1 is 1.00 bits per heavy atom. The van der Waals surface area contributed by atoms with Crippen LogP contribution in [0.15, 0.2) is 0 Å². The van der Waals surface area contributed by atoms with Crippen LogP contribution in [0, 0.1) is 5.92 Å². The first-order valence-electron chi connectivity index (χ1n) is 8.55. The number of carboxylic acid groups (broad SMARTS) is 1. The Morgan fingerprint density at radius 3 is 1.96 bits per heavy atom. The van der Waals surface area contributed by atoms with E-state index in [1.165, 1.54) is 18.7 Å². The van der Waals surface area contributed by atoms with E-state index in [-0.39, 0.29) is 6.54 Å². The van der Waals surface area contributed by atoms with Gasteiger partial charge in [0.05, 0.1) is 12.6 Å². The lowest BCUT2D eigenvalue weighted by Crippen LogP contribution is -2.59. The van der Waals surface area contributed by atoms with Crippen LogP contribution in [0.25, 0.3) is 0 Å². The van der Waals surface area contributed by atoms with Crippen molar-refractivity contribution >= 4 is 35.5 Å². The third-order valence-electron chi connectivity index (χ3n) is 3.74. The molecule has 0 aromatic rings. The summed E-state index contributed by atoms with van der Waals surface area (Å²) in [5, 5.41) is 26.2. The van der Waals surface area contributed by atoms with Gasteiger partial charge in [0.2, 0.25) is 17.7 Å². The summed E-state index contributed by atoms with van der Waals surface area (Å²) < 4.78 is 0. The maximum atomic E-state index is 12.5. The van der Waals surface area contributed by atoms with Crippen LogP contribution in [0.1, 0.15) is 27.2 Å².